The Kier molecular flexibility index (Phi) is 7.89. The number of nitrogens with zero attached hydrogens (tertiary/aromatic N) is 2. The van der Waals surface area contributed by atoms with Crippen molar-refractivity contribution in [1.29, 1.82) is 0 Å². The number of carbonyl (C=O) groups excluding carboxylic acids is 2. The minimum absolute atomic E-state index is 0.0212. The molecule has 160 valence electrons. The van der Waals surface area contributed by atoms with Crippen LogP contribution in [0.5, 0.6) is 5.75 Å². The van der Waals surface area contributed by atoms with Crippen molar-refractivity contribution in [3.05, 3.63) is 23.8 Å². The summed E-state index contributed by atoms with van der Waals surface area (Å²) in [5, 5.41) is 4.89. The Morgan fingerprint density at radius 2 is 2.10 bits per heavy atom. The molecule has 0 spiro atoms. The summed E-state index contributed by atoms with van der Waals surface area (Å²) in [4.78, 5) is 32.3. The number of nitrogens with one attached hydrogen (secondary N) is 1. The molecule has 1 N–H and O–H groups in total. The number of rotatable bonds is 8. The first-order chi connectivity index (χ1) is 14.0. The van der Waals surface area contributed by atoms with Crippen molar-refractivity contribution in [1.82, 2.24) is 9.96 Å². The van der Waals surface area contributed by atoms with E-state index in [-0.39, 0.29) is 11.8 Å². The van der Waals surface area contributed by atoms with Crippen LogP contribution in [0.25, 0.3) is 0 Å². The molecule has 3 rings (SSSR count). The third kappa shape index (κ3) is 6.44. The second-order valence-corrected chi connectivity index (χ2v) is 7.98. The molecule has 2 fully saturated rings. The summed E-state index contributed by atoms with van der Waals surface area (Å²) in [7, 11) is 1.63. The molecule has 0 aliphatic carbocycles. The molecular weight excluding hydrogens is 370 g/mol. The smallest absolute Gasteiger partial charge is 0.224 e. The van der Waals surface area contributed by atoms with Gasteiger partial charge in [-0.15, -0.1) is 0 Å². The van der Waals surface area contributed by atoms with Gasteiger partial charge in [-0.2, -0.15) is 5.06 Å². The zero-order valence-electron chi connectivity index (χ0n) is 17.6. The Hall–Kier alpha value is -2.12. The topological polar surface area (TPSA) is 71.1 Å². The van der Waals surface area contributed by atoms with Crippen molar-refractivity contribution < 1.29 is 19.2 Å². The van der Waals surface area contributed by atoms with Crippen LogP contribution in [0.2, 0.25) is 0 Å². The number of benzene rings is 1. The number of hydrogen-bond acceptors (Lipinski definition) is 5. The average molecular weight is 404 g/mol. The van der Waals surface area contributed by atoms with Gasteiger partial charge in [0, 0.05) is 44.7 Å². The Balaban J connectivity index is 1.40. The standard InChI is InChI=1S/C22H33N3O4/c1-17-15-19(28-2)7-8-20(17)23-21(26)9-6-18-5-3-11-24(16-18)22(27)10-13-25-12-4-14-29-25/h7-8,15,18H,3-6,9-14,16H2,1-2H3,(H,23,26). The lowest BCUT2D eigenvalue weighted by molar-refractivity contribution is -0.140. The van der Waals surface area contributed by atoms with Crippen LogP contribution < -0.4 is 10.1 Å². The van der Waals surface area contributed by atoms with Gasteiger partial charge in [0.15, 0.2) is 0 Å². The highest BCUT2D eigenvalue weighted by Crippen LogP contribution is 2.24. The van der Waals surface area contributed by atoms with Crippen LogP contribution in [0.1, 0.15) is 44.1 Å². The Labute approximate surface area is 173 Å². The van der Waals surface area contributed by atoms with Crippen molar-refractivity contribution in [3.8, 4) is 5.75 Å². The minimum Gasteiger partial charge on any atom is -0.497 e. The molecule has 0 aromatic heterocycles. The summed E-state index contributed by atoms with van der Waals surface area (Å²) in [6.07, 6.45) is 4.91. The van der Waals surface area contributed by atoms with Crippen LogP contribution >= 0.6 is 0 Å². The molecule has 0 bridgehead atoms. The van der Waals surface area contributed by atoms with Gasteiger partial charge in [-0.05, 0) is 62.3 Å². The maximum absolute atomic E-state index is 12.5. The van der Waals surface area contributed by atoms with Gasteiger partial charge in [0.25, 0.3) is 0 Å². The molecule has 2 heterocycles. The van der Waals surface area contributed by atoms with Gasteiger partial charge in [0.2, 0.25) is 11.8 Å². The van der Waals surface area contributed by atoms with E-state index in [0.29, 0.717) is 25.3 Å². The van der Waals surface area contributed by atoms with E-state index >= 15 is 0 Å². The molecule has 1 atom stereocenters. The van der Waals surface area contributed by atoms with Crippen molar-refractivity contribution >= 4 is 17.5 Å². The van der Waals surface area contributed by atoms with Crippen molar-refractivity contribution in [2.24, 2.45) is 5.92 Å². The molecule has 2 aliphatic rings. The first-order valence-electron chi connectivity index (χ1n) is 10.7. The maximum atomic E-state index is 12.5. The summed E-state index contributed by atoms with van der Waals surface area (Å²) in [5.74, 6) is 1.39. The number of piperidine rings is 1. The lowest BCUT2D eigenvalue weighted by Crippen LogP contribution is -2.41. The molecule has 2 aliphatic heterocycles. The van der Waals surface area contributed by atoms with Crippen molar-refractivity contribution in [2.45, 2.75) is 45.4 Å². The lowest BCUT2D eigenvalue weighted by atomic mass is 9.93. The van der Waals surface area contributed by atoms with Gasteiger partial charge in [-0.3, -0.25) is 14.4 Å². The van der Waals surface area contributed by atoms with Gasteiger partial charge in [-0.25, -0.2) is 0 Å². The van der Waals surface area contributed by atoms with Crippen LogP contribution in [-0.2, 0) is 14.4 Å². The van der Waals surface area contributed by atoms with E-state index in [1.165, 1.54) is 0 Å². The van der Waals surface area contributed by atoms with Crippen LogP contribution in [0.3, 0.4) is 0 Å². The fourth-order valence-corrected chi connectivity index (χ4v) is 4.03. The molecule has 29 heavy (non-hydrogen) atoms. The fraction of sp³-hybridized carbons (Fsp3) is 0.636. The number of hydroxylamine groups is 2. The Morgan fingerprint density at radius 1 is 1.24 bits per heavy atom. The number of methoxy groups -OCH3 is 1. The highest BCUT2D eigenvalue weighted by atomic mass is 16.7. The zero-order chi connectivity index (χ0) is 20.6. The van der Waals surface area contributed by atoms with Crippen molar-refractivity contribution in [3.63, 3.8) is 0 Å². The first kappa shape index (κ1) is 21.6. The monoisotopic (exact) mass is 403 g/mol. The fourth-order valence-electron chi connectivity index (χ4n) is 4.03. The molecule has 7 nitrogen and oxygen atoms in total. The number of aryl methyl sites for hydroxylation is 1. The molecule has 1 aromatic carbocycles. The molecule has 0 saturated carbocycles. The number of anilines is 1. The normalized spacial score (nSPS) is 19.9. The summed E-state index contributed by atoms with van der Waals surface area (Å²) in [6.45, 7) is 5.89. The summed E-state index contributed by atoms with van der Waals surface area (Å²) in [6, 6.07) is 5.63. The molecular formula is C22H33N3O4. The van der Waals surface area contributed by atoms with Crippen molar-refractivity contribution in [2.75, 3.05) is 45.2 Å². The van der Waals surface area contributed by atoms with Gasteiger partial charge in [0.05, 0.1) is 13.7 Å². The summed E-state index contributed by atoms with van der Waals surface area (Å²) >= 11 is 0. The quantitative estimate of drug-likeness (QED) is 0.723. The zero-order valence-corrected chi connectivity index (χ0v) is 17.6. The van der Waals surface area contributed by atoms with E-state index in [1.54, 1.807) is 7.11 Å². The second-order valence-electron chi connectivity index (χ2n) is 7.98. The molecule has 0 radical (unpaired) electrons. The van der Waals surface area contributed by atoms with Gasteiger partial charge in [0.1, 0.15) is 5.75 Å². The second kappa shape index (κ2) is 10.6. The van der Waals surface area contributed by atoms with E-state index in [1.807, 2.05) is 35.1 Å². The predicted octanol–water partition coefficient (Wildman–Crippen LogP) is 2.99. The number of amides is 2. The van der Waals surface area contributed by atoms with Crippen LogP contribution in [0, 0.1) is 12.8 Å². The van der Waals surface area contributed by atoms with E-state index in [9.17, 15) is 9.59 Å². The Bertz CT molecular complexity index is 703. The third-order valence-corrected chi connectivity index (χ3v) is 5.76. The Morgan fingerprint density at radius 3 is 2.83 bits per heavy atom. The molecule has 2 amide bonds. The number of hydrogen-bond donors (Lipinski definition) is 1. The lowest BCUT2D eigenvalue weighted by Gasteiger charge is -2.33. The van der Waals surface area contributed by atoms with E-state index in [2.05, 4.69) is 5.32 Å². The summed E-state index contributed by atoms with van der Waals surface area (Å²) in [5.41, 5.74) is 1.80. The minimum atomic E-state index is 0.0212. The van der Waals surface area contributed by atoms with E-state index < -0.39 is 0 Å². The predicted molar refractivity (Wildman–Crippen MR) is 112 cm³/mol. The van der Waals surface area contributed by atoms with Gasteiger partial charge in [-0.1, -0.05) is 0 Å². The van der Waals surface area contributed by atoms with E-state index in [0.717, 1.165) is 68.9 Å². The van der Waals surface area contributed by atoms with E-state index in [4.69, 9.17) is 9.57 Å². The molecule has 7 heteroatoms. The number of ether oxygens (including phenoxy) is 1. The van der Waals surface area contributed by atoms with Crippen LogP contribution in [-0.4, -0.2) is 61.7 Å². The van der Waals surface area contributed by atoms with Crippen LogP contribution in [0.4, 0.5) is 5.69 Å². The highest BCUT2D eigenvalue weighted by molar-refractivity contribution is 5.91. The molecule has 1 unspecified atom stereocenters. The third-order valence-electron chi connectivity index (χ3n) is 5.76. The van der Waals surface area contributed by atoms with Gasteiger partial charge < -0.3 is 15.0 Å². The molecule has 2 saturated heterocycles. The number of carbonyl (C=O) groups is 2. The van der Waals surface area contributed by atoms with Gasteiger partial charge >= 0.3 is 0 Å². The SMILES string of the molecule is COc1ccc(NC(=O)CCC2CCCN(C(=O)CCN3CCCO3)C2)c(C)c1. The van der Waals surface area contributed by atoms with Crippen LogP contribution in [0.15, 0.2) is 18.2 Å². The average Bonchev–Trinajstić information content (AvgIpc) is 3.26. The maximum Gasteiger partial charge on any atom is 0.224 e. The largest absolute Gasteiger partial charge is 0.497 e. The highest BCUT2D eigenvalue weighted by Gasteiger charge is 2.25. The molecule has 1 aromatic rings. The number of likely N-dealkylation sites (tertiary alicyclic amines) is 1. The first-order valence-corrected chi connectivity index (χ1v) is 10.7. The summed E-state index contributed by atoms with van der Waals surface area (Å²) < 4.78 is 5.20.